The Morgan fingerprint density at radius 2 is 2.27 bits per heavy atom. The molecule has 3 N–H and O–H groups in total. The molecule has 1 aliphatic heterocycles. The first kappa shape index (κ1) is 17.4. The third-order valence-electron chi connectivity index (χ3n) is 4.52. The van der Waals surface area contributed by atoms with Gasteiger partial charge in [-0.15, -0.1) is 11.3 Å². The van der Waals surface area contributed by atoms with Gasteiger partial charge in [0, 0.05) is 18.6 Å². The number of nitrogens with two attached hydrogens (primary N) is 1. The summed E-state index contributed by atoms with van der Waals surface area (Å²) in [5.41, 5.74) is 6.96. The number of guanidine groups is 1. The highest BCUT2D eigenvalue weighted by Crippen LogP contribution is 2.44. The van der Waals surface area contributed by atoms with Gasteiger partial charge >= 0.3 is 0 Å². The van der Waals surface area contributed by atoms with Crippen LogP contribution in [0.2, 0.25) is 5.02 Å². The minimum Gasteiger partial charge on any atom is -0.369 e. The standard InChI is InChI=1S/C17H18ClN5OS2/c1-17(9-26(3,24)23(2)16(19)22-17)14-11(18)8-13(25-14)12-7-10-5-4-6-20-15(10)21-12/h4-8H,3,9H2,1-2H3,(H2,19,22)(H,20,21)/t17-,26?/m0/s1. The van der Waals surface area contributed by atoms with E-state index in [1.165, 1.54) is 15.6 Å². The molecule has 4 rings (SSSR count). The Morgan fingerprint density at radius 3 is 2.96 bits per heavy atom. The SMILES string of the molecule is C=S1(=O)C[C@@](C)(c2sc(-c3cc4cccnc4[nH]3)cc2Cl)N=C(N)N1C. The van der Waals surface area contributed by atoms with Crippen molar-refractivity contribution in [2.45, 2.75) is 12.5 Å². The molecule has 6 nitrogen and oxygen atoms in total. The van der Waals surface area contributed by atoms with Gasteiger partial charge in [-0.2, -0.15) is 0 Å². The minimum atomic E-state index is -2.55. The van der Waals surface area contributed by atoms with Crippen LogP contribution in [0.4, 0.5) is 0 Å². The molecular formula is C17H18ClN5OS2. The van der Waals surface area contributed by atoms with Gasteiger partial charge in [-0.3, -0.25) is 4.31 Å². The summed E-state index contributed by atoms with van der Waals surface area (Å²) in [7, 11) is -0.906. The molecule has 9 heteroatoms. The molecule has 1 aliphatic rings. The fourth-order valence-corrected chi connectivity index (χ4v) is 6.50. The lowest BCUT2D eigenvalue weighted by Gasteiger charge is -2.36. The Bertz CT molecular complexity index is 1110. The van der Waals surface area contributed by atoms with Crippen LogP contribution >= 0.6 is 22.9 Å². The van der Waals surface area contributed by atoms with Crippen LogP contribution in [0.25, 0.3) is 21.6 Å². The molecular weight excluding hydrogens is 390 g/mol. The third-order valence-corrected chi connectivity index (χ3v) is 8.55. The molecule has 3 aromatic heterocycles. The van der Waals surface area contributed by atoms with Crippen molar-refractivity contribution in [1.29, 1.82) is 0 Å². The monoisotopic (exact) mass is 407 g/mol. The van der Waals surface area contributed by atoms with Crippen LogP contribution in [0, 0.1) is 0 Å². The summed E-state index contributed by atoms with van der Waals surface area (Å²) >= 11 is 8.05. The van der Waals surface area contributed by atoms with Crippen LogP contribution in [-0.2, 0) is 15.2 Å². The molecule has 1 unspecified atom stereocenters. The van der Waals surface area contributed by atoms with Gasteiger partial charge in [-0.05, 0) is 37.1 Å². The number of nitrogens with one attached hydrogen (secondary N) is 1. The van der Waals surface area contributed by atoms with Crippen LogP contribution in [0.1, 0.15) is 11.8 Å². The van der Waals surface area contributed by atoms with E-state index >= 15 is 0 Å². The van der Waals surface area contributed by atoms with Crippen molar-refractivity contribution in [3.8, 4) is 10.6 Å². The Morgan fingerprint density at radius 1 is 1.50 bits per heavy atom. The van der Waals surface area contributed by atoms with E-state index in [1.807, 2.05) is 31.2 Å². The Balaban J connectivity index is 1.82. The lowest BCUT2D eigenvalue weighted by molar-refractivity contribution is 0.522. The summed E-state index contributed by atoms with van der Waals surface area (Å²) in [4.78, 5) is 14.0. The molecule has 0 bridgehead atoms. The van der Waals surface area contributed by atoms with Crippen molar-refractivity contribution < 1.29 is 4.21 Å². The largest absolute Gasteiger partial charge is 0.369 e. The molecule has 0 fully saturated rings. The van der Waals surface area contributed by atoms with Crippen LogP contribution in [0.5, 0.6) is 0 Å². The molecule has 0 saturated heterocycles. The number of aromatic nitrogens is 2. The lowest BCUT2D eigenvalue weighted by atomic mass is 10.0. The minimum absolute atomic E-state index is 0.208. The van der Waals surface area contributed by atoms with E-state index in [0.717, 1.165) is 26.5 Å². The number of aliphatic imine (C=N–C) groups is 1. The van der Waals surface area contributed by atoms with E-state index in [-0.39, 0.29) is 11.7 Å². The Hall–Kier alpha value is -2.03. The average molecular weight is 408 g/mol. The Labute approximate surface area is 160 Å². The molecule has 0 amide bonds. The highest BCUT2D eigenvalue weighted by atomic mass is 35.5. The van der Waals surface area contributed by atoms with Crippen molar-refractivity contribution >= 4 is 55.5 Å². The van der Waals surface area contributed by atoms with Gasteiger partial charge < -0.3 is 10.7 Å². The predicted octanol–water partition coefficient (Wildman–Crippen LogP) is 3.05. The summed E-state index contributed by atoms with van der Waals surface area (Å²) < 4.78 is 14.3. The zero-order valence-electron chi connectivity index (χ0n) is 14.3. The number of aromatic amines is 1. The fourth-order valence-electron chi connectivity index (χ4n) is 3.14. The van der Waals surface area contributed by atoms with Gasteiger partial charge in [0.2, 0.25) is 5.96 Å². The van der Waals surface area contributed by atoms with E-state index in [4.69, 9.17) is 17.3 Å². The van der Waals surface area contributed by atoms with Crippen LogP contribution in [-0.4, -0.2) is 43.1 Å². The second-order valence-corrected chi connectivity index (χ2v) is 10.4. The number of hydrogen-bond acceptors (Lipinski definition) is 5. The van der Waals surface area contributed by atoms with Gasteiger partial charge in [-0.1, -0.05) is 11.6 Å². The van der Waals surface area contributed by atoms with E-state index in [2.05, 4.69) is 20.8 Å². The highest BCUT2D eigenvalue weighted by molar-refractivity contribution is 7.98. The van der Waals surface area contributed by atoms with Crippen molar-refractivity contribution in [2.24, 2.45) is 10.7 Å². The quantitative estimate of drug-likeness (QED) is 0.640. The first-order chi connectivity index (χ1) is 12.2. The maximum absolute atomic E-state index is 12.8. The number of hydrogen-bond donors (Lipinski definition) is 2. The van der Waals surface area contributed by atoms with E-state index in [9.17, 15) is 4.21 Å². The maximum Gasteiger partial charge on any atom is 0.203 e. The number of pyridine rings is 1. The maximum atomic E-state index is 12.8. The van der Waals surface area contributed by atoms with Crippen LogP contribution < -0.4 is 5.73 Å². The Kier molecular flexibility index (Phi) is 3.83. The van der Waals surface area contributed by atoms with Gasteiger partial charge in [0.25, 0.3) is 0 Å². The predicted molar refractivity (Wildman–Crippen MR) is 111 cm³/mol. The molecule has 4 heterocycles. The zero-order valence-corrected chi connectivity index (χ0v) is 16.7. The smallest absolute Gasteiger partial charge is 0.203 e. The molecule has 2 atom stereocenters. The van der Waals surface area contributed by atoms with Gasteiger partial charge in [0.05, 0.1) is 35.9 Å². The lowest BCUT2D eigenvalue weighted by Crippen LogP contribution is -2.50. The zero-order chi connectivity index (χ0) is 18.7. The normalized spacial score (nSPS) is 26.3. The van der Waals surface area contributed by atoms with E-state index in [0.29, 0.717) is 5.02 Å². The highest BCUT2D eigenvalue weighted by Gasteiger charge is 2.39. The first-order valence-electron chi connectivity index (χ1n) is 7.88. The summed E-state index contributed by atoms with van der Waals surface area (Å²) in [6.07, 6.45) is 1.75. The molecule has 26 heavy (non-hydrogen) atoms. The van der Waals surface area contributed by atoms with Crippen molar-refractivity contribution in [3.63, 3.8) is 0 Å². The van der Waals surface area contributed by atoms with E-state index < -0.39 is 15.2 Å². The average Bonchev–Trinajstić information content (AvgIpc) is 3.15. The van der Waals surface area contributed by atoms with E-state index in [1.54, 1.807) is 13.2 Å². The van der Waals surface area contributed by atoms with Gasteiger partial charge in [-0.25, -0.2) is 14.2 Å². The molecule has 3 aromatic rings. The number of fused-ring (bicyclic) bond motifs is 1. The fraction of sp³-hybridized carbons (Fsp3) is 0.235. The second-order valence-electron chi connectivity index (χ2n) is 6.57. The molecule has 0 saturated carbocycles. The summed E-state index contributed by atoms with van der Waals surface area (Å²) in [5.74, 6) is 4.31. The van der Waals surface area contributed by atoms with Crippen molar-refractivity contribution in [2.75, 3.05) is 12.8 Å². The third kappa shape index (κ3) is 2.69. The topological polar surface area (TPSA) is 87.4 Å². The van der Waals surface area contributed by atoms with Crippen molar-refractivity contribution in [3.05, 3.63) is 40.4 Å². The summed E-state index contributed by atoms with van der Waals surface area (Å²) in [6, 6.07) is 7.83. The number of thiophene rings is 1. The molecule has 0 aromatic carbocycles. The number of rotatable bonds is 2. The number of halogens is 1. The number of H-pyrrole nitrogens is 1. The molecule has 0 spiro atoms. The van der Waals surface area contributed by atoms with Crippen molar-refractivity contribution in [1.82, 2.24) is 14.3 Å². The second kappa shape index (κ2) is 5.73. The van der Waals surface area contributed by atoms with Gasteiger partial charge in [0.15, 0.2) is 0 Å². The summed E-state index contributed by atoms with van der Waals surface area (Å²) in [6.45, 7) is 1.89. The first-order valence-corrected chi connectivity index (χ1v) is 10.9. The van der Waals surface area contributed by atoms with Gasteiger partial charge in [0.1, 0.15) is 11.2 Å². The summed E-state index contributed by atoms with van der Waals surface area (Å²) in [5, 5.41) is 1.61. The molecule has 136 valence electrons. The molecule has 0 aliphatic carbocycles. The van der Waals surface area contributed by atoms with Crippen LogP contribution in [0.3, 0.4) is 0 Å². The molecule has 0 radical (unpaired) electrons. The number of nitrogens with zero attached hydrogens (tertiary/aromatic N) is 3. The van der Waals surface area contributed by atoms with Crippen LogP contribution in [0.15, 0.2) is 35.5 Å².